The number of rotatable bonds is 6. The summed E-state index contributed by atoms with van der Waals surface area (Å²) in [5.74, 6) is 1.75. The van der Waals surface area contributed by atoms with E-state index in [0.717, 1.165) is 25.5 Å². The summed E-state index contributed by atoms with van der Waals surface area (Å²) in [6.45, 7) is 9.57. The van der Waals surface area contributed by atoms with Crippen molar-refractivity contribution in [3.05, 3.63) is 23.9 Å². The molecule has 16 heavy (non-hydrogen) atoms. The van der Waals surface area contributed by atoms with Gasteiger partial charge in [0, 0.05) is 26.3 Å². The molecule has 0 saturated heterocycles. The van der Waals surface area contributed by atoms with Gasteiger partial charge in [-0.25, -0.2) is 4.98 Å². The normalized spacial score (nSPS) is 10.8. The van der Waals surface area contributed by atoms with Crippen LogP contribution in [0.4, 0.5) is 5.82 Å². The number of hydrogen-bond donors (Lipinski definition) is 1. The Hall–Kier alpha value is -1.09. The van der Waals surface area contributed by atoms with E-state index in [4.69, 9.17) is 0 Å². The average molecular weight is 221 g/mol. The van der Waals surface area contributed by atoms with Gasteiger partial charge in [-0.05, 0) is 31.0 Å². The van der Waals surface area contributed by atoms with Crippen LogP contribution in [0.1, 0.15) is 19.4 Å². The van der Waals surface area contributed by atoms with Gasteiger partial charge in [0.1, 0.15) is 5.82 Å². The minimum absolute atomic E-state index is 0.711. The van der Waals surface area contributed by atoms with Gasteiger partial charge in [0.25, 0.3) is 0 Å². The monoisotopic (exact) mass is 221 g/mol. The van der Waals surface area contributed by atoms with Gasteiger partial charge in [-0.2, -0.15) is 0 Å². The molecule has 0 spiro atoms. The average Bonchev–Trinajstić information content (AvgIpc) is 2.25. The number of aromatic nitrogens is 1. The van der Waals surface area contributed by atoms with Gasteiger partial charge in [-0.1, -0.05) is 19.9 Å². The molecule has 1 rings (SSSR count). The molecule has 0 radical (unpaired) electrons. The zero-order valence-corrected chi connectivity index (χ0v) is 10.8. The van der Waals surface area contributed by atoms with E-state index in [1.165, 1.54) is 5.56 Å². The molecule has 0 aliphatic rings. The van der Waals surface area contributed by atoms with Crippen LogP contribution < -0.4 is 10.2 Å². The number of likely N-dealkylation sites (N-methyl/N-ethyl adjacent to an activating group) is 1. The molecule has 0 aliphatic heterocycles. The molecular weight excluding hydrogens is 198 g/mol. The number of pyridine rings is 1. The largest absolute Gasteiger partial charge is 0.358 e. The minimum atomic E-state index is 0.711. The molecule has 0 bridgehead atoms. The topological polar surface area (TPSA) is 28.2 Å². The summed E-state index contributed by atoms with van der Waals surface area (Å²) in [5.41, 5.74) is 1.20. The summed E-state index contributed by atoms with van der Waals surface area (Å²) in [7, 11) is 2.08. The van der Waals surface area contributed by atoms with E-state index in [1.54, 1.807) is 0 Å². The smallest absolute Gasteiger partial charge is 0.128 e. The fourth-order valence-corrected chi connectivity index (χ4v) is 1.44. The first-order chi connectivity index (χ1) is 7.59. The highest BCUT2D eigenvalue weighted by atomic mass is 15.2. The van der Waals surface area contributed by atoms with Gasteiger partial charge < -0.3 is 10.2 Å². The van der Waals surface area contributed by atoms with E-state index in [-0.39, 0.29) is 0 Å². The maximum absolute atomic E-state index is 4.39. The molecule has 1 aromatic rings. The van der Waals surface area contributed by atoms with E-state index in [1.807, 2.05) is 6.20 Å². The first-order valence-electron chi connectivity index (χ1n) is 5.94. The van der Waals surface area contributed by atoms with Crippen LogP contribution in [-0.4, -0.2) is 31.7 Å². The van der Waals surface area contributed by atoms with Gasteiger partial charge in [-0.15, -0.1) is 0 Å². The molecule has 90 valence electrons. The zero-order valence-electron chi connectivity index (χ0n) is 10.8. The summed E-state index contributed by atoms with van der Waals surface area (Å²) in [6, 6.07) is 4.16. The van der Waals surface area contributed by atoms with Crippen molar-refractivity contribution in [1.82, 2.24) is 10.3 Å². The Morgan fingerprint density at radius 2 is 2.12 bits per heavy atom. The van der Waals surface area contributed by atoms with Gasteiger partial charge >= 0.3 is 0 Å². The third-order valence-electron chi connectivity index (χ3n) is 2.46. The molecule has 1 heterocycles. The molecular formula is C13H23N3. The highest BCUT2D eigenvalue weighted by molar-refractivity contribution is 5.37. The Labute approximate surface area is 98.9 Å². The van der Waals surface area contributed by atoms with Gasteiger partial charge in [0.05, 0.1) is 0 Å². The van der Waals surface area contributed by atoms with E-state index < -0.39 is 0 Å². The maximum atomic E-state index is 4.39. The van der Waals surface area contributed by atoms with Crippen LogP contribution >= 0.6 is 0 Å². The number of anilines is 1. The predicted octanol–water partition coefficient (Wildman–Crippen LogP) is 2.07. The van der Waals surface area contributed by atoms with Crippen molar-refractivity contribution >= 4 is 5.82 Å². The summed E-state index contributed by atoms with van der Waals surface area (Å²) < 4.78 is 0. The summed E-state index contributed by atoms with van der Waals surface area (Å²) >= 11 is 0. The Balaban J connectivity index is 2.29. The molecule has 0 unspecified atom stereocenters. The predicted molar refractivity (Wildman–Crippen MR) is 70.0 cm³/mol. The Kier molecular flexibility index (Phi) is 5.26. The van der Waals surface area contributed by atoms with Crippen LogP contribution in [0, 0.1) is 12.8 Å². The van der Waals surface area contributed by atoms with Crippen molar-refractivity contribution < 1.29 is 0 Å². The van der Waals surface area contributed by atoms with Crippen molar-refractivity contribution in [3.63, 3.8) is 0 Å². The fourth-order valence-electron chi connectivity index (χ4n) is 1.44. The molecule has 0 atom stereocenters. The van der Waals surface area contributed by atoms with Crippen LogP contribution in [0.5, 0.6) is 0 Å². The molecule has 1 N–H and O–H groups in total. The van der Waals surface area contributed by atoms with E-state index >= 15 is 0 Å². The third-order valence-corrected chi connectivity index (χ3v) is 2.46. The van der Waals surface area contributed by atoms with Crippen molar-refractivity contribution in [2.75, 3.05) is 31.6 Å². The first-order valence-corrected chi connectivity index (χ1v) is 5.94. The highest BCUT2D eigenvalue weighted by Gasteiger charge is 2.01. The van der Waals surface area contributed by atoms with Crippen LogP contribution in [0.3, 0.4) is 0 Å². The van der Waals surface area contributed by atoms with E-state index in [0.29, 0.717) is 5.92 Å². The summed E-state index contributed by atoms with van der Waals surface area (Å²) in [4.78, 5) is 6.56. The van der Waals surface area contributed by atoms with Gasteiger partial charge in [0.2, 0.25) is 0 Å². The van der Waals surface area contributed by atoms with Crippen LogP contribution in [0.25, 0.3) is 0 Å². The number of aryl methyl sites for hydroxylation is 1. The number of nitrogens with zero attached hydrogens (tertiary/aromatic N) is 2. The second kappa shape index (κ2) is 6.48. The van der Waals surface area contributed by atoms with Crippen molar-refractivity contribution in [1.29, 1.82) is 0 Å². The first kappa shape index (κ1) is 13.0. The number of nitrogens with one attached hydrogen (secondary N) is 1. The molecule has 0 amide bonds. The van der Waals surface area contributed by atoms with E-state index in [2.05, 4.69) is 55.2 Å². The van der Waals surface area contributed by atoms with Crippen molar-refractivity contribution in [2.24, 2.45) is 5.92 Å². The lowest BCUT2D eigenvalue weighted by Gasteiger charge is -2.18. The minimum Gasteiger partial charge on any atom is -0.358 e. The number of hydrogen-bond acceptors (Lipinski definition) is 3. The van der Waals surface area contributed by atoms with Gasteiger partial charge in [0.15, 0.2) is 0 Å². The Bertz CT molecular complexity index is 293. The Morgan fingerprint density at radius 3 is 2.69 bits per heavy atom. The molecule has 0 aromatic carbocycles. The molecule has 3 heteroatoms. The van der Waals surface area contributed by atoms with Crippen LogP contribution in [-0.2, 0) is 0 Å². The molecule has 0 fully saturated rings. The highest BCUT2D eigenvalue weighted by Crippen LogP contribution is 2.07. The van der Waals surface area contributed by atoms with Gasteiger partial charge in [-0.3, -0.25) is 0 Å². The maximum Gasteiger partial charge on any atom is 0.128 e. The second-order valence-electron chi connectivity index (χ2n) is 4.71. The molecule has 0 saturated carbocycles. The van der Waals surface area contributed by atoms with Crippen molar-refractivity contribution in [2.45, 2.75) is 20.8 Å². The SMILES string of the molecule is Cc1ccc(N(C)CCNCC(C)C)nc1. The molecule has 1 aromatic heterocycles. The molecule has 0 aliphatic carbocycles. The van der Waals surface area contributed by atoms with Crippen LogP contribution in [0.15, 0.2) is 18.3 Å². The van der Waals surface area contributed by atoms with Crippen LogP contribution in [0.2, 0.25) is 0 Å². The second-order valence-corrected chi connectivity index (χ2v) is 4.71. The lowest BCUT2D eigenvalue weighted by Crippen LogP contribution is -2.31. The standard InChI is InChI=1S/C13H23N3/c1-11(2)9-14-7-8-16(4)13-6-5-12(3)10-15-13/h5-6,10-11,14H,7-9H2,1-4H3. The summed E-state index contributed by atoms with van der Waals surface area (Å²) in [6.07, 6.45) is 1.91. The Morgan fingerprint density at radius 1 is 1.38 bits per heavy atom. The zero-order chi connectivity index (χ0) is 12.0. The summed E-state index contributed by atoms with van der Waals surface area (Å²) in [5, 5.41) is 3.43. The quantitative estimate of drug-likeness (QED) is 0.745. The lowest BCUT2D eigenvalue weighted by atomic mass is 10.2. The third kappa shape index (κ3) is 4.62. The lowest BCUT2D eigenvalue weighted by molar-refractivity contribution is 0.554. The van der Waals surface area contributed by atoms with E-state index in [9.17, 15) is 0 Å². The molecule has 3 nitrogen and oxygen atoms in total. The van der Waals surface area contributed by atoms with Crippen molar-refractivity contribution in [3.8, 4) is 0 Å². The fraction of sp³-hybridized carbons (Fsp3) is 0.615.